The van der Waals surface area contributed by atoms with Gasteiger partial charge in [0.2, 0.25) is 5.91 Å². The van der Waals surface area contributed by atoms with Crippen molar-refractivity contribution in [1.29, 1.82) is 0 Å². The molecule has 88 heavy (non-hydrogen) atoms. The Morgan fingerprint density at radius 2 is 0.761 bits per heavy atom. The molecule has 17 unspecified atom stereocenters. The normalized spacial score (nSPS) is 28.8. The number of rotatable bonds is 52. The summed E-state index contributed by atoms with van der Waals surface area (Å²) in [7, 11) is 0. The van der Waals surface area contributed by atoms with Gasteiger partial charge in [0, 0.05) is 6.42 Å². The van der Waals surface area contributed by atoms with E-state index in [9.17, 15) is 61.0 Å². The van der Waals surface area contributed by atoms with Gasteiger partial charge in [0.05, 0.1) is 38.6 Å². The Bertz CT molecular complexity index is 1830. The van der Waals surface area contributed by atoms with E-state index in [1.165, 1.54) is 148 Å². The number of carbonyl (C=O) groups excluding carboxylic acids is 1. The van der Waals surface area contributed by atoms with Crippen LogP contribution in [0.5, 0.6) is 0 Å². The molecule has 3 saturated heterocycles. The van der Waals surface area contributed by atoms with Crippen LogP contribution >= 0.6 is 0 Å². The number of amides is 1. The van der Waals surface area contributed by atoms with E-state index in [1.54, 1.807) is 6.08 Å². The molecule has 3 fully saturated rings. The zero-order valence-electron chi connectivity index (χ0n) is 53.9. The van der Waals surface area contributed by atoms with Crippen LogP contribution in [-0.2, 0) is 33.2 Å². The monoisotopic (exact) mass is 1250 g/mol. The summed E-state index contributed by atoms with van der Waals surface area (Å²) >= 11 is 0. The van der Waals surface area contributed by atoms with Gasteiger partial charge >= 0.3 is 0 Å². The summed E-state index contributed by atoms with van der Waals surface area (Å²) < 4.78 is 34.3. The van der Waals surface area contributed by atoms with E-state index in [2.05, 4.69) is 67.8 Å². The molecule has 3 aliphatic rings. The van der Waals surface area contributed by atoms with Gasteiger partial charge in [-0.15, -0.1) is 0 Å². The summed E-state index contributed by atoms with van der Waals surface area (Å²) in [5.41, 5.74) is 0. The third-order valence-electron chi connectivity index (χ3n) is 17.0. The van der Waals surface area contributed by atoms with Gasteiger partial charge in [0.1, 0.15) is 73.2 Å². The smallest absolute Gasteiger partial charge is 0.220 e. The molecule has 19 nitrogen and oxygen atoms in total. The average molecular weight is 1250 g/mol. The van der Waals surface area contributed by atoms with Crippen molar-refractivity contribution in [1.82, 2.24) is 5.32 Å². The first kappa shape index (κ1) is 79.7. The number of aliphatic hydroxyl groups is 11. The van der Waals surface area contributed by atoms with Crippen LogP contribution in [0, 0.1) is 0 Å². The molecule has 0 saturated carbocycles. The molecule has 0 aromatic rings. The highest BCUT2D eigenvalue weighted by Crippen LogP contribution is 2.33. The number of hydrogen-bond donors (Lipinski definition) is 12. The van der Waals surface area contributed by atoms with Crippen LogP contribution in [0.4, 0.5) is 0 Å². The van der Waals surface area contributed by atoms with Crippen LogP contribution in [0.3, 0.4) is 0 Å². The molecule has 12 N–H and O–H groups in total. The fourth-order valence-corrected chi connectivity index (χ4v) is 11.4. The quantitative estimate of drug-likeness (QED) is 0.0200. The van der Waals surface area contributed by atoms with E-state index in [1.807, 2.05) is 6.08 Å². The Hall–Kier alpha value is -2.51. The predicted octanol–water partition coefficient (Wildman–Crippen LogP) is 8.77. The summed E-state index contributed by atoms with van der Waals surface area (Å²) in [5.74, 6) is -0.288. The van der Waals surface area contributed by atoms with Gasteiger partial charge in [-0.3, -0.25) is 4.79 Å². The van der Waals surface area contributed by atoms with Crippen molar-refractivity contribution < 1.29 is 89.4 Å². The summed E-state index contributed by atoms with van der Waals surface area (Å²) in [5, 5.41) is 120. The molecule has 0 aliphatic carbocycles. The van der Waals surface area contributed by atoms with Gasteiger partial charge in [-0.25, -0.2) is 0 Å². The number of nitrogens with one attached hydrogen (secondary N) is 1. The number of ether oxygens (including phenoxy) is 6. The zero-order chi connectivity index (χ0) is 64.0. The SMILES string of the molecule is CCCCCCC/C=C\C/C=C\C/C=C\CCCCCCCCCCCCCCC(=O)NC(COC1OC(CO)C(OC2OC(CO)C(OC3OC(CO)C(O)C(O)C3O)C(O)C2O)C(O)C1O)C(O)/C=C/CC/C=C/CCCCCCCCCCCC. The number of unbranched alkanes of at least 4 members (excludes halogenated alkanes) is 28. The van der Waals surface area contributed by atoms with Gasteiger partial charge in [-0.1, -0.05) is 222 Å². The molecular weight excluding hydrogens is 1130 g/mol. The first-order chi connectivity index (χ1) is 42.8. The van der Waals surface area contributed by atoms with Crippen LogP contribution in [0.15, 0.2) is 60.8 Å². The Balaban J connectivity index is 1.43. The summed E-state index contributed by atoms with van der Waals surface area (Å²) in [6.07, 6.45) is 34.8. The van der Waals surface area contributed by atoms with Crippen molar-refractivity contribution in [2.45, 2.75) is 343 Å². The molecule has 0 aromatic heterocycles. The van der Waals surface area contributed by atoms with E-state index in [4.69, 9.17) is 28.4 Å². The van der Waals surface area contributed by atoms with Crippen LogP contribution in [0.1, 0.15) is 239 Å². The lowest BCUT2D eigenvalue weighted by Crippen LogP contribution is -2.66. The van der Waals surface area contributed by atoms with Gasteiger partial charge in [0.25, 0.3) is 0 Å². The number of aliphatic hydroxyl groups excluding tert-OH is 11. The van der Waals surface area contributed by atoms with E-state index in [0.29, 0.717) is 12.8 Å². The van der Waals surface area contributed by atoms with Crippen LogP contribution in [0.2, 0.25) is 0 Å². The van der Waals surface area contributed by atoms with Crippen LogP contribution in [0.25, 0.3) is 0 Å². The molecule has 17 atom stereocenters. The van der Waals surface area contributed by atoms with Crippen molar-refractivity contribution in [3.05, 3.63) is 60.8 Å². The minimum atomic E-state index is -1.98. The minimum Gasteiger partial charge on any atom is -0.394 e. The van der Waals surface area contributed by atoms with E-state index in [-0.39, 0.29) is 18.9 Å². The van der Waals surface area contributed by atoms with Crippen molar-refractivity contribution >= 4 is 5.91 Å². The maximum atomic E-state index is 13.4. The Kier molecular flexibility index (Phi) is 46.2. The molecular formula is C69H123NO18. The second-order valence-electron chi connectivity index (χ2n) is 24.6. The molecule has 0 aromatic carbocycles. The molecule has 0 spiro atoms. The minimum absolute atomic E-state index is 0.231. The van der Waals surface area contributed by atoms with Gasteiger partial charge < -0.3 is 89.9 Å². The average Bonchev–Trinajstić information content (AvgIpc) is 3.39. The highest BCUT2D eigenvalue weighted by Gasteiger charge is 2.53. The molecule has 0 radical (unpaired) electrons. The second kappa shape index (κ2) is 51.0. The Labute approximate surface area is 528 Å². The summed E-state index contributed by atoms with van der Waals surface area (Å²) in [6.45, 7) is 1.70. The topological polar surface area (TPSA) is 307 Å². The number of carbonyl (C=O) groups is 1. The molecule has 19 heteroatoms. The zero-order valence-corrected chi connectivity index (χ0v) is 53.9. The maximum Gasteiger partial charge on any atom is 0.220 e. The van der Waals surface area contributed by atoms with Gasteiger partial charge in [0.15, 0.2) is 18.9 Å². The lowest BCUT2D eigenvalue weighted by Gasteiger charge is -2.48. The number of hydrogen-bond acceptors (Lipinski definition) is 18. The van der Waals surface area contributed by atoms with Gasteiger partial charge in [-0.2, -0.15) is 0 Å². The first-order valence-corrected chi connectivity index (χ1v) is 34.5. The highest BCUT2D eigenvalue weighted by molar-refractivity contribution is 5.76. The molecule has 512 valence electrons. The fraction of sp³-hybridized carbons (Fsp3) is 0.841. The lowest BCUT2D eigenvalue weighted by atomic mass is 9.96. The van der Waals surface area contributed by atoms with Crippen LogP contribution in [-0.4, -0.2) is 193 Å². The van der Waals surface area contributed by atoms with Gasteiger partial charge in [-0.05, 0) is 70.6 Å². The van der Waals surface area contributed by atoms with Crippen molar-refractivity contribution in [2.24, 2.45) is 0 Å². The number of allylic oxidation sites excluding steroid dienone is 9. The molecule has 3 rings (SSSR count). The van der Waals surface area contributed by atoms with E-state index < -0.39 is 124 Å². The predicted molar refractivity (Wildman–Crippen MR) is 342 cm³/mol. The largest absolute Gasteiger partial charge is 0.394 e. The molecule has 1 amide bonds. The van der Waals surface area contributed by atoms with Crippen molar-refractivity contribution in [3.63, 3.8) is 0 Å². The Morgan fingerprint density at radius 1 is 0.409 bits per heavy atom. The van der Waals surface area contributed by atoms with Crippen molar-refractivity contribution in [3.8, 4) is 0 Å². The van der Waals surface area contributed by atoms with E-state index >= 15 is 0 Å². The third-order valence-corrected chi connectivity index (χ3v) is 17.0. The summed E-state index contributed by atoms with van der Waals surface area (Å²) in [6, 6.07) is -0.993. The van der Waals surface area contributed by atoms with Crippen molar-refractivity contribution in [2.75, 3.05) is 26.4 Å². The fourth-order valence-electron chi connectivity index (χ4n) is 11.4. The first-order valence-electron chi connectivity index (χ1n) is 34.5. The maximum absolute atomic E-state index is 13.4. The van der Waals surface area contributed by atoms with E-state index in [0.717, 1.165) is 57.8 Å². The third kappa shape index (κ3) is 32.9. The standard InChI is InChI=1S/C69H123NO18/c1-3-5-7-9-11-13-15-17-19-21-22-23-24-25-26-27-28-29-30-31-33-35-37-39-41-43-45-47-57(75)70-52(53(74)46-44-42-40-38-36-34-32-20-18-16-14-12-10-8-6-4-2)51-83-67-63(81)60(78)65(55(49-72)85-67)88-69-64(82)61(79)66(56(50-73)86-69)87-68-62(80)59(77)58(76)54(48-71)84-68/h15,17,21-22,24-25,36,38,44,46,52-56,58-69,71-74,76-82H,3-14,16,18-20,23,26-35,37,39-43,45,47-51H2,1-2H3,(H,70,75)/b17-15-,22-21-,25-24-,38-36+,46-44+. The lowest BCUT2D eigenvalue weighted by molar-refractivity contribution is -0.379. The molecule has 3 aliphatic heterocycles. The molecule has 3 heterocycles. The Morgan fingerprint density at radius 3 is 1.22 bits per heavy atom. The van der Waals surface area contributed by atoms with Crippen LogP contribution < -0.4 is 5.32 Å². The summed E-state index contributed by atoms with van der Waals surface area (Å²) in [4.78, 5) is 13.4. The molecule has 0 bridgehead atoms. The second-order valence-corrected chi connectivity index (χ2v) is 24.6. The highest BCUT2D eigenvalue weighted by atomic mass is 16.8.